The Kier molecular flexibility index (Phi) is 6.80. The highest BCUT2D eigenvalue weighted by atomic mass is 32.1. The third-order valence-corrected chi connectivity index (χ3v) is 6.96. The second-order valence-corrected chi connectivity index (χ2v) is 9.33. The van der Waals surface area contributed by atoms with E-state index in [9.17, 15) is 9.59 Å². The molecular formula is C24H30N2O4S. The second kappa shape index (κ2) is 9.73. The fourth-order valence-corrected chi connectivity index (χ4v) is 5.07. The van der Waals surface area contributed by atoms with E-state index in [1.54, 1.807) is 31.6 Å². The van der Waals surface area contributed by atoms with Crippen LogP contribution < -0.4 is 14.8 Å². The predicted octanol–water partition coefficient (Wildman–Crippen LogP) is 4.10. The van der Waals surface area contributed by atoms with Crippen molar-refractivity contribution in [2.75, 3.05) is 14.2 Å². The van der Waals surface area contributed by atoms with Crippen molar-refractivity contribution in [2.45, 2.75) is 63.1 Å². The van der Waals surface area contributed by atoms with E-state index in [0.717, 1.165) is 49.0 Å². The summed E-state index contributed by atoms with van der Waals surface area (Å²) in [6.07, 6.45) is 6.43. The standard InChI is InChI=1S/C24H30N2O4S/c1-29-20-12-9-16(14-21(20)30-2)23(24(28)25-17-6-3-4-7-17)26(18-10-11-18)22(27)15-19-8-5-13-31-19/h5,8-9,12-14,17-18,23H,3-4,6-7,10-11,15H2,1-2H3,(H,25,28)/t23-/m1/s1. The first-order chi connectivity index (χ1) is 15.1. The summed E-state index contributed by atoms with van der Waals surface area (Å²) in [5.74, 6) is 1.04. The van der Waals surface area contributed by atoms with Gasteiger partial charge in [-0.1, -0.05) is 25.0 Å². The number of rotatable bonds is 9. The van der Waals surface area contributed by atoms with Crippen molar-refractivity contribution >= 4 is 23.2 Å². The maximum absolute atomic E-state index is 13.6. The zero-order valence-corrected chi connectivity index (χ0v) is 19.0. The highest BCUT2D eigenvalue weighted by molar-refractivity contribution is 7.10. The van der Waals surface area contributed by atoms with Gasteiger partial charge in [0, 0.05) is 17.0 Å². The van der Waals surface area contributed by atoms with Crippen LogP contribution in [0.5, 0.6) is 11.5 Å². The minimum absolute atomic E-state index is 0.00805. The zero-order valence-electron chi connectivity index (χ0n) is 18.1. The Bertz CT molecular complexity index is 904. The number of hydrogen-bond donors (Lipinski definition) is 1. The van der Waals surface area contributed by atoms with Gasteiger partial charge in [0.15, 0.2) is 11.5 Å². The highest BCUT2D eigenvalue weighted by Gasteiger charge is 2.42. The zero-order chi connectivity index (χ0) is 21.8. The number of amides is 2. The van der Waals surface area contributed by atoms with Crippen molar-refractivity contribution in [1.82, 2.24) is 10.2 Å². The lowest BCUT2D eigenvalue weighted by molar-refractivity contribution is -0.141. The molecule has 1 aromatic carbocycles. The molecule has 31 heavy (non-hydrogen) atoms. The van der Waals surface area contributed by atoms with Crippen LogP contribution in [0, 0.1) is 0 Å². The molecule has 2 aliphatic rings. The SMILES string of the molecule is COc1ccc([C@H](C(=O)NC2CCCC2)N(C(=O)Cc2cccs2)C2CC2)cc1OC. The third kappa shape index (κ3) is 5.03. The minimum Gasteiger partial charge on any atom is -0.493 e. The quantitative estimate of drug-likeness (QED) is 0.635. The molecule has 0 unspecified atom stereocenters. The van der Waals surface area contributed by atoms with Crippen LogP contribution in [-0.4, -0.2) is 43.0 Å². The molecule has 0 radical (unpaired) electrons. The van der Waals surface area contributed by atoms with Crippen LogP contribution in [0.1, 0.15) is 55.0 Å². The number of ether oxygens (including phenoxy) is 2. The number of nitrogens with one attached hydrogen (secondary N) is 1. The number of carbonyl (C=O) groups is 2. The Balaban J connectivity index is 1.67. The highest BCUT2D eigenvalue weighted by Crippen LogP contribution is 2.38. The third-order valence-electron chi connectivity index (χ3n) is 6.09. The predicted molar refractivity (Wildman–Crippen MR) is 121 cm³/mol. The number of hydrogen-bond acceptors (Lipinski definition) is 5. The maximum atomic E-state index is 13.6. The van der Waals surface area contributed by atoms with Crippen molar-refractivity contribution in [2.24, 2.45) is 0 Å². The summed E-state index contributed by atoms with van der Waals surface area (Å²) >= 11 is 1.57. The van der Waals surface area contributed by atoms with Crippen LogP contribution in [0.4, 0.5) is 0 Å². The largest absolute Gasteiger partial charge is 0.493 e. The average Bonchev–Trinajstić information content (AvgIpc) is 3.22. The van der Waals surface area contributed by atoms with Gasteiger partial charge >= 0.3 is 0 Å². The lowest BCUT2D eigenvalue weighted by Gasteiger charge is -2.32. The monoisotopic (exact) mass is 442 g/mol. The summed E-state index contributed by atoms with van der Waals surface area (Å²) in [4.78, 5) is 29.8. The molecule has 7 heteroatoms. The van der Waals surface area contributed by atoms with Gasteiger partial charge in [-0.15, -0.1) is 11.3 Å². The summed E-state index contributed by atoms with van der Waals surface area (Å²) in [6.45, 7) is 0. The van der Waals surface area contributed by atoms with E-state index in [4.69, 9.17) is 9.47 Å². The number of carbonyl (C=O) groups excluding carboxylic acids is 2. The van der Waals surface area contributed by atoms with Crippen LogP contribution in [0.2, 0.25) is 0 Å². The molecular weight excluding hydrogens is 412 g/mol. The van der Waals surface area contributed by atoms with Gasteiger partial charge in [0.1, 0.15) is 6.04 Å². The molecule has 0 saturated heterocycles. The number of nitrogens with zero attached hydrogens (tertiary/aromatic N) is 1. The molecule has 2 aromatic rings. The molecule has 6 nitrogen and oxygen atoms in total. The molecule has 1 aromatic heterocycles. The Morgan fingerprint density at radius 2 is 1.84 bits per heavy atom. The second-order valence-electron chi connectivity index (χ2n) is 8.30. The van der Waals surface area contributed by atoms with Crippen molar-refractivity contribution in [1.29, 1.82) is 0 Å². The van der Waals surface area contributed by atoms with Crippen LogP contribution in [-0.2, 0) is 16.0 Å². The van der Waals surface area contributed by atoms with Gasteiger partial charge in [-0.25, -0.2) is 0 Å². The van der Waals surface area contributed by atoms with E-state index < -0.39 is 6.04 Å². The summed E-state index contributed by atoms with van der Waals surface area (Å²) in [5.41, 5.74) is 0.750. The maximum Gasteiger partial charge on any atom is 0.247 e. The number of thiophene rings is 1. The number of methoxy groups -OCH3 is 2. The molecule has 2 aliphatic carbocycles. The van der Waals surface area contributed by atoms with E-state index >= 15 is 0 Å². The Morgan fingerprint density at radius 3 is 2.45 bits per heavy atom. The molecule has 1 heterocycles. The Morgan fingerprint density at radius 1 is 1.10 bits per heavy atom. The molecule has 2 saturated carbocycles. The van der Waals surface area contributed by atoms with Gasteiger partial charge in [0.05, 0.1) is 20.6 Å². The lowest BCUT2D eigenvalue weighted by atomic mass is 10.0. The smallest absolute Gasteiger partial charge is 0.247 e. The molecule has 1 atom stereocenters. The van der Waals surface area contributed by atoms with Crippen LogP contribution in [0.3, 0.4) is 0 Å². The normalized spacial score (nSPS) is 17.2. The molecule has 2 amide bonds. The van der Waals surface area contributed by atoms with Gasteiger partial charge in [-0.2, -0.15) is 0 Å². The van der Waals surface area contributed by atoms with Crippen LogP contribution in [0.15, 0.2) is 35.7 Å². The van der Waals surface area contributed by atoms with E-state index in [1.807, 2.05) is 34.5 Å². The molecule has 0 spiro atoms. The summed E-state index contributed by atoms with van der Waals surface area (Å²) in [5, 5.41) is 5.19. The molecule has 2 fully saturated rings. The fraction of sp³-hybridized carbons (Fsp3) is 0.500. The van der Waals surface area contributed by atoms with E-state index in [0.29, 0.717) is 17.9 Å². The molecule has 4 rings (SSSR count). The van der Waals surface area contributed by atoms with E-state index in [2.05, 4.69) is 5.32 Å². The van der Waals surface area contributed by atoms with Gasteiger partial charge in [0.2, 0.25) is 11.8 Å². The molecule has 166 valence electrons. The van der Waals surface area contributed by atoms with Gasteiger partial charge in [0.25, 0.3) is 0 Å². The van der Waals surface area contributed by atoms with Crippen molar-refractivity contribution < 1.29 is 19.1 Å². The summed E-state index contributed by atoms with van der Waals surface area (Å²) < 4.78 is 10.9. The minimum atomic E-state index is -0.680. The topological polar surface area (TPSA) is 67.9 Å². The molecule has 0 aliphatic heterocycles. The van der Waals surface area contributed by atoms with Gasteiger partial charge in [-0.3, -0.25) is 9.59 Å². The summed E-state index contributed by atoms with van der Waals surface area (Å²) in [7, 11) is 3.17. The summed E-state index contributed by atoms with van der Waals surface area (Å²) in [6, 6.07) is 9.02. The van der Waals surface area contributed by atoms with E-state index in [1.165, 1.54) is 0 Å². The van der Waals surface area contributed by atoms with E-state index in [-0.39, 0.29) is 23.9 Å². The van der Waals surface area contributed by atoms with Crippen LogP contribution in [0.25, 0.3) is 0 Å². The Hall–Kier alpha value is -2.54. The average molecular weight is 443 g/mol. The fourth-order valence-electron chi connectivity index (χ4n) is 4.38. The van der Waals surface area contributed by atoms with Gasteiger partial charge in [-0.05, 0) is 54.8 Å². The molecule has 0 bridgehead atoms. The van der Waals surface area contributed by atoms with Crippen molar-refractivity contribution in [3.8, 4) is 11.5 Å². The first kappa shape index (κ1) is 21.7. The van der Waals surface area contributed by atoms with Crippen molar-refractivity contribution in [3.05, 3.63) is 46.2 Å². The molecule has 1 N–H and O–H groups in total. The first-order valence-electron chi connectivity index (χ1n) is 11.0. The lowest BCUT2D eigenvalue weighted by Crippen LogP contribution is -2.47. The van der Waals surface area contributed by atoms with Gasteiger partial charge < -0.3 is 19.7 Å². The Labute approximate surface area is 187 Å². The first-order valence-corrected chi connectivity index (χ1v) is 11.8. The number of benzene rings is 1. The van der Waals surface area contributed by atoms with Crippen LogP contribution >= 0.6 is 11.3 Å². The van der Waals surface area contributed by atoms with Crippen molar-refractivity contribution in [3.63, 3.8) is 0 Å².